The number of ether oxygens (including phenoxy) is 1. The van der Waals surface area contributed by atoms with E-state index in [9.17, 15) is 13.2 Å². The molecule has 0 amide bonds. The number of anilines is 1. The van der Waals surface area contributed by atoms with E-state index in [1.807, 2.05) is 57.2 Å². The van der Waals surface area contributed by atoms with Gasteiger partial charge in [0.2, 0.25) is 0 Å². The highest BCUT2D eigenvalue weighted by molar-refractivity contribution is 7.92. The quantitative estimate of drug-likeness (QED) is 0.315. The van der Waals surface area contributed by atoms with Crippen LogP contribution >= 0.6 is 0 Å². The highest BCUT2D eigenvalue weighted by atomic mass is 32.2. The monoisotopic (exact) mass is 601 g/mol. The van der Waals surface area contributed by atoms with Gasteiger partial charge in [0, 0.05) is 25.0 Å². The zero-order chi connectivity index (χ0) is 30.2. The minimum absolute atomic E-state index is 0.276. The van der Waals surface area contributed by atoms with Gasteiger partial charge in [-0.15, -0.1) is 0 Å². The van der Waals surface area contributed by atoms with Crippen molar-refractivity contribution in [3.63, 3.8) is 0 Å². The first-order valence-electron chi connectivity index (χ1n) is 15.6. The Labute approximate surface area is 256 Å². The summed E-state index contributed by atoms with van der Waals surface area (Å²) in [5.41, 5.74) is 4.61. The van der Waals surface area contributed by atoms with Crippen molar-refractivity contribution in [3.8, 4) is 0 Å². The van der Waals surface area contributed by atoms with Crippen LogP contribution in [-0.4, -0.2) is 57.1 Å². The van der Waals surface area contributed by atoms with Gasteiger partial charge in [-0.2, -0.15) is 0 Å². The van der Waals surface area contributed by atoms with E-state index < -0.39 is 15.6 Å². The number of nitrogens with zero attached hydrogens (tertiary/aromatic N) is 2. The molecule has 2 fully saturated rings. The molecule has 2 heterocycles. The van der Waals surface area contributed by atoms with E-state index in [0.29, 0.717) is 34.9 Å². The maximum absolute atomic E-state index is 13.2. The summed E-state index contributed by atoms with van der Waals surface area (Å²) in [4.78, 5) is 15.1. The topological polar surface area (TPSA) is 79.0 Å². The summed E-state index contributed by atoms with van der Waals surface area (Å²) in [6, 6.07) is 23.4. The Bertz CT molecular complexity index is 1540. The van der Waals surface area contributed by atoms with Gasteiger partial charge in [0.25, 0.3) is 10.0 Å². The molecule has 1 saturated carbocycles. The number of esters is 1. The molecule has 2 unspecified atom stereocenters. The van der Waals surface area contributed by atoms with E-state index in [-0.39, 0.29) is 5.97 Å². The number of rotatable bonds is 9. The van der Waals surface area contributed by atoms with Gasteiger partial charge in [0.1, 0.15) is 5.60 Å². The number of benzene rings is 3. The van der Waals surface area contributed by atoms with Crippen LogP contribution in [0.1, 0.15) is 73.0 Å². The summed E-state index contributed by atoms with van der Waals surface area (Å²) < 4.78 is 33.4. The maximum Gasteiger partial charge on any atom is 0.338 e. The number of nitrogens with one attached hydrogen (secondary N) is 1. The van der Waals surface area contributed by atoms with E-state index >= 15 is 0 Å². The molecule has 1 N–H and O–H groups in total. The Morgan fingerprint density at radius 3 is 2.37 bits per heavy atom. The Morgan fingerprint density at radius 2 is 1.67 bits per heavy atom. The van der Waals surface area contributed by atoms with Gasteiger partial charge >= 0.3 is 5.97 Å². The third kappa shape index (κ3) is 6.97. The second-order valence-corrected chi connectivity index (χ2v) is 15.2. The van der Waals surface area contributed by atoms with E-state index in [4.69, 9.17) is 4.74 Å². The SMILES string of the molecule is CC(C)(C)OC(=O)c1ccc(CN2CCC(CNC3CC3c3ccc4c(c3)CCN4S(=O)(=O)c3ccccc3)CC2)cc1. The van der Waals surface area contributed by atoms with Gasteiger partial charge in [-0.1, -0.05) is 42.5 Å². The van der Waals surface area contributed by atoms with Crippen LogP contribution in [0.4, 0.5) is 5.69 Å². The van der Waals surface area contributed by atoms with Gasteiger partial charge < -0.3 is 10.1 Å². The number of hydrogen-bond acceptors (Lipinski definition) is 6. The second kappa shape index (κ2) is 12.1. The molecule has 3 aliphatic rings. The predicted octanol–water partition coefficient (Wildman–Crippen LogP) is 5.75. The normalized spacial score (nSPS) is 21.0. The molecular formula is C35H43N3O4S. The minimum atomic E-state index is -3.53. The number of fused-ring (bicyclic) bond motifs is 1. The number of sulfonamides is 1. The maximum atomic E-state index is 13.2. The number of carbonyl (C=O) groups excluding carboxylic acids is 1. The molecule has 8 heteroatoms. The summed E-state index contributed by atoms with van der Waals surface area (Å²) >= 11 is 0. The Balaban J connectivity index is 0.947. The number of likely N-dealkylation sites (tertiary alicyclic amines) is 1. The molecule has 0 bridgehead atoms. The molecule has 0 spiro atoms. The summed E-state index contributed by atoms with van der Waals surface area (Å²) in [7, 11) is -3.53. The first-order chi connectivity index (χ1) is 20.6. The molecule has 1 saturated heterocycles. The van der Waals surface area contributed by atoms with Crippen LogP contribution in [0, 0.1) is 5.92 Å². The summed E-state index contributed by atoms with van der Waals surface area (Å²) in [5.74, 6) is 0.917. The van der Waals surface area contributed by atoms with Crippen LogP contribution in [0.15, 0.2) is 77.7 Å². The molecule has 2 aliphatic heterocycles. The van der Waals surface area contributed by atoms with Crippen LogP contribution in [-0.2, 0) is 27.7 Å². The largest absolute Gasteiger partial charge is 0.456 e. The molecule has 3 aromatic carbocycles. The molecule has 0 aromatic heterocycles. The predicted molar refractivity (Wildman–Crippen MR) is 170 cm³/mol. The lowest BCUT2D eigenvalue weighted by Crippen LogP contribution is -2.37. The van der Waals surface area contributed by atoms with Crippen LogP contribution in [0.2, 0.25) is 0 Å². The minimum Gasteiger partial charge on any atom is -0.456 e. The van der Waals surface area contributed by atoms with E-state index in [1.54, 1.807) is 28.6 Å². The van der Waals surface area contributed by atoms with E-state index in [2.05, 4.69) is 22.3 Å². The summed E-state index contributed by atoms with van der Waals surface area (Å²) in [6.07, 6.45) is 4.27. The average Bonchev–Trinajstić information content (AvgIpc) is 3.64. The van der Waals surface area contributed by atoms with Crippen molar-refractivity contribution in [3.05, 3.63) is 95.1 Å². The lowest BCUT2D eigenvalue weighted by molar-refractivity contribution is 0.00694. The molecule has 3 aromatic rings. The summed E-state index contributed by atoms with van der Waals surface area (Å²) in [5, 5.41) is 3.83. The molecule has 43 heavy (non-hydrogen) atoms. The van der Waals surface area contributed by atoms with Gasteiger partial charge in [-0.3, -0.25) is 9.21 Å². The molecule has 7 nitrogen and oxygen atoms in total. The highest BCUT2D eigenvalue weighted by Crippen LogP contribution is 2.44. The van der Waals surface area contributed by atoms with Crippen molar-refractivity contribution in [1.29, 1.82) is 0 Å². The molecular weight excluding hydrogens is 558 g/mol. The number of hydrogen-bond donors (Lipinski definition) is 1. The van der Waals surface area contributed by atoms with Crippen molar-refractivity contribution in [2.75, 3.05) is 30.5 Å². The fraction of sp³-hybridized carbons (Fsp3) is 0.457. The Kier molecular flexibility index (Phi) is 8.37. The van der Waals surface area contributed by atoms with Gasteiger partial charge in [0.15, 0.2) is 0 Å². The van der Waals surface area contributed by atoms with Gasteiger partial charge in [0.05, 0.1) is 16.1 Å². The van der Waals surface area contributed by atoms with Crippen molar-refractivity contribution >= 4 is 21.7 Å². The van der Waals surface area contributed by atoms with Crippen molar-refractivity contribution in [1.82, 2.24) is 10.2 Å². The third-order valence-electron chi connectivity index (χ3n) is 8.88. The summed E-state index contributed by atoms with van der Waals surface area (Å²) in [6.45, 7) is 10.3. The van der Waals surface area contributed by atoms with Crippen LogP contribution < -0.4 is 9.62 Å². The highest BCUT2D eigenvalue weighted by Gasteiger charge is 2.39. The zero-order valence-corrected chi connectivity index (χ0v) is 26.3. The lowest BCUT2D eigenvalue weighted by atomic mass is 9.96. The molecule has 1 aliphatic carbocycles. The van der Waals surface area contributed by atoms with E-state index in [1.165, 1.54) is 24.0 Å². The Morgan fingerprint density at radius 1 is 0.953 bits per heavy atom. The Hall–Kier alpha value is -3.20. The molecule has 6 rings (SSSR count). The van der Waals surface area contributed by atoms with Crippen molar-refractivity contribution in [2.24, 2.45) is 5.92 Å². The zero-order valence-electron chi connectivity index (χ0n) is 25.5. The standard InChI is InChI=1S/C35H43N3O4S/c1-35(2,3)42-34(39)27-11-9-26(10-12-27)24-37-18-15-25(16-19-37)23-36-32-22-31(32)28-13-14-33-29(21-28)17-20-38(33)43(40,41)30-7-5-4-6-8-30/h4-14,21,25,31-32,36H,15-20,22-24H2,1-3H3. The molecule has 228 valence electrons. The molecule has 2 atom stereocenters. The van der Waals surface area contributed by atoms with Crippen LogP contribution in [0.3, 0.4) is 0 Å². The smallest absolute Gasteiger partial charge is 0.338 e. The van der Waals surface area contributed by atoms with Crippen LogP contribution in [0.5, 0.6) is 0 Å². The number of carbonyl (C=O) groups is 1. The number of piperidine rings is 1. The average molecular weight is 602 g/mol. The van der Waals surface area contributed by atoms with E-state index in [0.717, 1.165) is 50.3 Å². The third-order valence-corrected chi connectivity index (χ3v) is 10.7. The first-order valence-corrected chi connectivity index (χ1v) is 17.0. The van der Waals surface area contributed by atoms with Gasteiger partial charge in [-0.25, -0.2) is 13.2 Å². The fourth-order valence-electron chi connectivity index (χ4n) is 6.39. The second-order valence-electron chi connectivity index (χ2n) is 13.3. The van der Waals surface area contributed by atoms with Crippen LogP contribution in [0.25, 0.3) is 0 Å². The lowest BCUT2D eigenvalue weighted by Gasteiger charge is -2.32. The molecule has 0 radical (unpaired) electrons. The van der Waals surface area contributed by atoms with Crippen molar-refractivity contribution in [2.45, 2.75) is 75.5 Å². The van der Waals surface area contributed by atoms with Gasteiger partial charge in [-0.05, 0) is 119 Å². The first kappa shape index (κ1) is 29.9. The fourth-order valence-corrected chi connectivity index (χ4v) is 7.91. The van der Waals surface area contributed by atoms with Crippen molar-refractivity contribution < 1.29 is 17.9 Å².